The van der Waals surface area contributed by atoms with Crippen molar-refractivity contribution in [3.8, 4) is 11.1 Å². The first-order chi connectivity index (χ1) is 11.4. The van der Waals surface area contributed by atoms with Crippen LogP contribution in [0.15, 0.2) is 36.8 Å². The van der Waals surface area contributed by atoms with Crippen LogP contribution in [0, 0.1) is 0 Å². The number of anilines is 1. The Labute approximate surface area is 133 Å². The second kappa shape index (κ2) is 5.98. The first kappa shape index (κ1) is 14.2. The van der Waals surface area contributed by atoms with Gasteiger partial charge in [0.1, 0.15) is 17.8 Å². The Morgan fingerprint density at radius 3 is 2.91 bits per heavy atom. The van der Waals surface area contributed by atoms with Crippen molar-refractivity contribution in [2.75, 3.05) is 31.2 Å². The lowest BCUT2D eigenvalue weighted by Crippen LogP contribution is -2.36. The number of benzene rings is 1. The molecule has 1 aliphatic heterocycles. The zero-order chi connectivity index (χ0) is 15.6. The quantitative estimate of drug-likeness (QED) is 0.773. The Balaban J connectivity index is 1.87. The van der Waals surface area contributed by atoms with Crippen molar-refractivity contribution in [3.05, 3.63) is 42.4 Å². The minimum Gasteiger partial charge on any atom is -0.392 e. The number of hydrogen-bond donors (Lipinski definition) is 2. The summed E-state index contributed by atoms with van der Waals surface area (Å²) in [5.41, 5.74) is 3.82. The van der Waals surface area contributed by atoms with E-state index in [0.717, 1.165) is 46.6 Å². The fourth-order valence-electron chi connectivity index (χ4n) is 3.03. The van der Waals surface area contributed by atoms with Crippen LogP contribution < -0.4 is 4.90 Å². The van der Waals surface area contributed by atoms with E-state index in [-0.39, 0.29) is 6.61 Å². The van der Waals surface area contributed by atoms with Crippen molar-refractivity contribution in [1.82, 2.24) is 15.0 Å². The van der Waals surface area contributed by atoms with E-state index in [1.54, 1.807) is 6.33 Å². The van der Waals surface area contributed by atoms with Crippen LogP contribution in [-0.4, -0.2) is 46.4 Å². The second-order valence-electron chi connectivity index (χ2n) is 5.58. The van der Waals surface area contributed by atoms with Crippen molar-refractivity contribution in [2.24, 2.45) is 0 Å². The van der Waals surface area contributed by atoms with E-state index >= 15 is 0 Å². The first-order valence-corrected chi connectivity index (χ1v) is 7.72. The summed E-state index contributed by atoms with van der Waals surface area (Å²) in [6.07, 6.45) is 3.55. The number of aromatic nitrogens is 3. The van der Waals surface area contributed by atoms with Gasteiger partial charge in [-0.05, 0) is 17.2 Å². The van der Waals surface area contributed by atoms with Crippen molar-refractivity contribution in [3.63, 3.8) is 0 Å². The number of hydrogen-bond acceptors (Lipinski definition) is 5. The zero-order valence-electron chi connectivity index (χ0n) is 12.7. The van der Waals surface area contributed by atoms with E-state index in [1.165, 1.54) is 0 Å². The van der Waals surface area contributed by atoms with Gasteiger partial charge in [0.15, 0.2) is 0 Å². The number of nitrogens with one attached hydrogen (secondary N) is 1. The van der Waals surface area contributed by atoms with E-state index in [0.29, 0.717) is 13.2 Å². The number of H-pyrrole nitrogens is 1. The molecule has 118 valence electrons. The standard InChI is InChI=1S/C17H18N4O2/c22-10-12-2-1-3-13(8-12)14-9-18-16-15(14)17(20-11-19-16)21-4-6-23-7-5-21/h1-3,8-9,11,22H,4-7,10H2,(H,18,19,20). The normalized spacial score (nSPS) is 15.3. The molecule has 4 rings (SSSR count). The number of aromatic amines is 1. The molecule has 3 heterocycles. The summed E-state index contributed by atoms with van der Waals surface area (Å²) >= 11 is 0. The van der Waals surface area contributed by atoms with Gasteiger partial charge in [-0.3, -0.25) is 0 Å². The Hall–Kier alpha value is -2.44. The molecule has 23 heavy (non-hydrogen) atoms. The SMILES string of the molecule is OCc1cccc(-c2c[nH]c3ncnc(N4CCOCC4)c23)c1. The van der Waals surface area contributed by atoms with Gasteiger partial charge in [0.25, 0.3) is 0 Å². The average molecular weight is 310 g/mol. The summed E-state index contributed by atoms with van der Waals surface area (Å²) in [6.45, 7) is 3.11. The molecule has 1 aromatic carbocycles. The number of rotatable bonds is 3. The predicted molar refractivity (Wildman–Crippen MR) is 88.3 cm³/mol. The van der Waals surface area contributed by atoms with Crippen LogP contribution in [0.25, 0.3) is 22.2 Å². The third-order valence-electron chi connectivity index (χ3n) is 4.18. The molecule has 1 saturated heterocycles. The maximum Gasteiger partial charge on any atom is 0.143 e. The van der Waals surface area contributed by atoms with E-state index < -0.39 is 0 Å². The number of aliphatic hydroxyl groups excluding tert-OH is 1. The highest BCUT2D eigenvalue weighted by atomic mass is 16.5. The largest absolute Gasteiger partial charge is 0.392 e. The van der Waals surface area contributed by atoms with Gasteiger partial charge in [0.2, 0.25) is 0 Å². The highest BCUT2D eigenvalue weighted by Gasteiger charge is 2.19. The highest BCUT2D eigenvalue weighted by Crippen LogP contribution is 2.34. The summed E-state index contributed by atoms with van der Waals surface area (Å²) in [7, 11) is 0. The monoisotopic (exact) mass is 310 g/mol. The van der Waals surface area contributed by atoms with Gasteiger partial charge in [-0.2, -0.15) is 0 Å². The van der Waals surface area contributed by atoms with Gasteiger partial charge in [-0.25, -0.2) is 9.97 Å². The maximum absolute atomic E-state index is 9.38. The van der Waals surface area contributed by atoms with Crippen LogP contribution >= 0.6 is 0 Å². The topological polar surface area (TPSA) is 74.3 Å². The molecular weight excluding hydrogens is 292 g/mol. The molecule has 1 aliphatic rings. The Morgan fingerprint density at radius 2 is 2.09 bits per heavy atom. The van der Waals surface area contributed by atoms with Crippen LogP contribution in [0.1, 0.15) is 5.56 Å². The fraction of sp³-hybridized carbons (Fsp3) is 0.294. The third-order valence-corrected chi connectivity index (χ3v) is 4.18. The molecule has 0 bridgehead atoms. The summed E-state index contributed by atoms with van der Waals surface area (Å²) < 4.78 is 5.44. The van der Waals surface area contributed by atoms with E-state index in [2.05, 4.69) is 19.9 Å². The van der Waals surface area contributed by atoms with Crippen LogP contribution in [0.2, 0.25) is 0 Å². The third kappa shape index (κ3) is 2.56. The summed E-state index contributed by atoms with van der Waals surface area (Å²) in [5, 5.41) is 10.4. The van der Waals surface area contributed by atoms with Gasteiger partial charge in [-0.1, -0.05) is 18.2 Å². The minimum atomic E-state index is 0.0308. The Kier molecular flexibility index (Phi) is 3.69. The lowest BCUT2D eigenvalue weighted by molar-refractivity contribution is 0.122. The summed E-state index contributed by atoms with van der Waals surface area (Å²) in [5.74, 6) is 0.934. The van der Waals surface area contributed by atoms with Crippen LogP contribution in [0.5, 0.6) is 0 Å². The summed E-state index contributed by atoms with van der Waals surface area (Å²) in [6, 6.07) is 7.91. The maximum atomic E-state index is 9.38. The second-order valence-corrected chi connectivity index (χ2v) is 5.58. The smallest absolute Gasteiger partial charge is 0.143 e. The molecular formula is C17H18N4O2. The number of fused-ring (bicyclic) bond motifs is 1. The zero-order valence-corrected chi connectivity index (χ0v) is 12.7. The molecule has 3 aromatic rings. The van der Waals surface area contributed by atoms with Gasteiger partial charge >= 0.3 is 0 Å². The van der Waals surface area contributed by atoms with Gasteiger partial charge < -0.3 is 19.7 Å². The van der Waals surface area contributed by atoms with Crippen LogP contribution in [-0.2, 0) is 11.3 Å². The molecule has 0 aliphatic carbocycles. The number of ether oxygens (including phenoxy) is 1. The van der Waals surface area contributed by atoms with Gasteiger partial charge in [-0.15, -0.1) is 0 Å². The number of nitrogens with zero attached hydrogens (tertiary/aromatic N) is 3. The van der Waals surface area contributed by atoms with E-state index in [9.17, 15) is 5.11 Å². The molecule has 0 atom stereocenters. The van der Waals surface area contributed by atoms with Crippen LogP contribution in [0.4, 0.5) is 5.82 Å². The van der Waals surface area contributed by atoms with Crippen molar-refractivity contribution >= 4 is 16.9 Å². The lowest BCUT2D eigenvalue weighted by atomic mass is 10.0. The molecule has 2 N–H and O–H groups in total. The van der Waals surface area contributed by atoms with Gasteiger partial charge in [0, 0.05) is 24.8 Å². The van der Waals surface area contributed by atoms with Crippen molar-refractivity contribution < 1.29 is 9.84 Å². The number of morpholine rings is 1. The molecule has 0 saturated carbocycles. The molecule has 1 fully saturated rings. The predicted octanol–water partition coefficient (Wildman–Crippen LogP) is 1.95. The van der Waals surface area contributed by atoms with Crippen molar-refractivity contribution in [2.45, 2.75) is 6.61 Å². The molecule has 0 amide bonds. The molecule has 6 nitrogen and oxygen atoms in total. The Bertz CT molecular complexity index is 824. The Morgan fingerprint density at radius 1 is 1.22 bits per heavy atom. The van der Waals surface area contributed by atoms with Crippen molar-refractivity contribution in [1.29, 1.82) is 0 Å². The highest BCUT2D eigenvalue weighted by molar-refractivity contribution is 6.01. The van der Waals surface area contributed by atoms with Crippen LogP contribution in [0.3, 0.4) is 0 Å². The average Bonchev–Trinajstić information content (AvgIpc) is 3.07. The fourth-order valence-corrected chi connectivity index (χ4v) is 3.03. The minimum absolute atomic E-state index is 0.0308. The molecule has 0 unspecified atom stereocenters. The summed E-state index contributed by atoms with van der Waals surface area (Å²) in [4.78, 5) is 14.3. The van der Waals surface area contributed by atoms with E-state index in [1.807, 2.05) is 30.5 Å². The van der Waals surface area contributed by atoms with E-state index in [4.69, 9.17) is 4.74 Å². The molecule has 0 spiro atoms. The number of aliphatic hydroxyl groups is 1. The van der Waals surface area contributed by atoms with Gasteiger partial charge in [0.05, 0.1) is 25.2 Å². The first-order valence-electron chi connectivity index (χ1n) is 7.72. The molecule has 0 radical (unpaired) electrons. The lowest BCUT2D eigenvalue weighted by Gasteiger charge is -2.28. The molecule has 6 heteroatoms. The molecule has 2 aromatic heterocycles.